The van der Waals surface area contributed by atoms with E-state index < -0.39 is 0 Å². The van der Waals surface area contributed by atoms with Gasteiger partial charge in [-0.2, -0.15) is 0 Å². The maximum Gasteiger partial charge on any atom is 0.0568 e. The fourth-order valence-corrected chi connectivity index (χ4v) is 5.04. The normalized spacial score (nSPS) is 38.5. The summed E-state index contributed by atoms with van der Waals surface area (Å²) in [5, 5.41) is 17.1. The largest absolute Gasteiger partial charge is 0.400 e. The molecular weight excluding hydrogens is 284 g/mol. The van der Waals surface area contributed by atoms with Gasteiger partial charge in [0.2, 0.25) is 0 Å². The molecule has 0 heterocycles. The van der Waals surface area contributed by atoms with Gasteiger partial charge in [-0.25, -0.2) is 0 Å². The molecule has 2 saturated carbocycles. The van der Waals surface area contributed by atoms with Crippen molar-refractivity contribution in [3.63, 3.8) is 0 Å². The molecule has 0 radical (unpaired) electrons. The van der Waals surface area contributed by atoms with E-state index in [0.717, 1.165) is 19.4 Å². The number of hydrogen-bond donors (Lipinski definition) is 2. The van der Waals surface area contributed by atoms with E-state index in [1.807, 2.05) is 27.7 Å². The van der Waals surface area contributed by atoms with Gasteiger partial charge in [-0.3, -0.25) is 0 Å². The van der Waals surface area contributed by atoms with Crippen molar-refractivity contribution in [2.75, 3.05) is 7.11 Å². The van der Waals surface area contributed by atoms with Gasteiger partial charge in [0.05, 0.1) is 6.10 Å². The first kappa shape index (κ1) is 25.2. The van der Waals surface area contributed by atoms with Crippen molar-refractivity contribution >= 4 is 0 Å². The van der Waals surface area contributed by atoms with E-state index in [2.05, 4.69) is 27.7 Å². The van der Waals surface area contributed by atoms with Gasteiger partial charge >= 0.3 is 0 Å². The quantitative estimate of drug-likeness (QED) is 0.647. The second-order valence-electron chi connectivity index (χ2n) is 7.50. The van der Waals surface area contributed by atoms with Crippen molar-refractivity contribution in [3.8, 4) is 0 Å². The van der Waals surface area contributed by atoms with Crippen LogP contribution in [0.4, 0.5) is 0 Å². The molecule has 0 amide bonds. The predicted octanol–water partition coefficient (Wildman–Crippen LogP) is 6.05. The Hall–Kier alpha value is -0.0800. The Kier molecular flexibility index (Phi) is 13.5. The fraction of sp³-hybridized carbons (Fsp3) is 1.00. The van der Waals surface area contributed by atoms with Crippen molar-refractivity contribution in [1.82, 2.24) is 0 Å². The standard InChI is InChI=1S/C16H30O.2C2H6.CH4O/c1-5-8-15(3)9-6-13-12(2)14(17)7-10-16(13,4)11-15;3*1-2/h12-14,17H,5-11H2,1-4H3;2*1-2H3;2H,1H3. The van der Waals surface area contributed by atoms with Crippen molar-refractivity contribution in [2.24, 2.45) is 22.7 Å². The Morgan fingerprint density at radius 3 is 1.96 bits per heavy atom. The van der Waals surface area contributed by atoms with Gasteiger partial charge < -0.3 is 10.2 Å². The smallest absolute Gasteiger partial charge is 0.0568 e. The summed E-state index contributed by atoms with van der Waals surface area (Å²) in [6, 6.07) is 0. The van der Waals surface area contributed by atoms with E-state index in [9.17, 15) is 5.11 Å². The van der Waals surface area contributed by atoms with Crippen LogP contribution in [-0.2, 0) is 0 Å². The SMILES string of the molecule is CC.CC.CCCC1(C)CCC2C(C)C(O)CCC2(C)C1.CO. The average Bonchev–Trinajstić information content (AvgIpc) is 2.57. The molecule has 23 heavy (non-hydrogen) atoms. The minimum atomic E-state index is -0.0383. The van der Waals surface area contributed by atoms with E-state index in [1.165, 1.54) is 38.5 Å². The average molecular weight is 331 g/mol. The summed E-state index contributed by atoms with van der Waals surface area (Å²) in [5.41, 5.74) is 1.07. The summed E-state index contributed by atoms with van der Waals surface area (Å²) in [5.74, 6) is 1.27. The zero-order chi connectivity index (χ0) is 18.7. The van der Waals surface area contributed by atoms with Crippen LogP contribution in [0.15, 0.2) is 0 Å². The summed E-state index contributed by atoms with van der Waals surface area (Å²) in [6.45, 7) is 17.6. The molecule has 2 aliphatic rings. The minimum absolute atomic E-state index is 0.0383. The van der Waals surface area contributed by atoms with Gasteiger partial charge in [0.15, 0.2) is 0 Å². The molecule has 0 aliphatic heterocycles. The first-order valence-electron chi connectivity index (χ1n) is 10.0. The second-order valence-corrected chi connectivity index (χ2v) is 7.50. The maximum absolute atomic E-state index is 10.1. The van der Waals surface area contributed by atoms with Crippen LogP contribution in [0.5, 0.6) is 0 Å². The summed E-state index contributed by atoms with van der Waals surface area (Å²) >= 11 is 0. The van der Waals surface area contributed by atoms with Crippen LogP contribution in [0.3, 0.4) is 0 Å². The lowest BCUT2D eigenvalue weighted by Gasteiger charge is -2.55. The van der Waals surface area contributed by atoms with Gasteiger partial charge in [-0.15, -0.1) is 0 Å². The van der Waals surface area contributed by atoms with Gasteiger partial charge in [-0.05, 0) is 61.2 Å². The molecule has 0 saturated heterocycles. The maximum atomic E-state index is 10.1. The monoisotopic (exact) mass is 330 g/mol. The number of aliphatic hydroxyl groups is 2. The molecule has 2 rings (SSSR count). The summed E-state index contributed by atoms with van der Waals surface area (Å²) in [6.07, 6.45) is 9.02. The fourth-order valence-electron chi connectivity index (χ4n) is 5.04. The molecule has 2 N–H and O–H groups in total. The molecule has 0 bridgehead atoms. The van der Waals surface area contributed by atoms with E-state index in [-0.39, 0.29) is 6.10 Å². The summed E-state index contributed by atoms with van der Waals surface area (Å²) in [4.78, 5) is 0. The highest BCUT2D eigenvalue weighted by Crippen LogP contribution is 2.58. The summed E-state index contributed by atoms with van der Waals surface area (Å²) < 4.78 is 0. The molecule has 2 nitrogen and oxygen atoms in total. The van der Waals surface area contributed by atoms with E-state index in [1.54, 1.807) is 0 Å². The first-order valence-corrected chi connectivity index (χ1v) is 10.0. The molecule has 2 heteroatoms. The van der Waals surface area contributed by atoms with Crippen molar-refractivity contribution < 1.29 is 10.2 Å². The predicted molar refractivity (Wildman–Crippen MR) is 104 cm³/mol. The Labute approximate surface area is 147 Å². The highest BCUT2D eigenvalue weighted by molar-refractivity contribution is 5.00. The third-order valence-corrected chi connectivity index (χ3v) is 5.89. The molecule has 0 aromatic heterocycles. The van der Waals surface area contributed by atoms with Gasteiger partial charge in [-0.1, -0.05) is 61.8 Å². The zero-order valence-electron chi connectivity index (χ0n) is 17.6. The highest BCUT2D eigenvalue weighted by atomic mass is 16.3. The molecular formula is C21H46O2. The van der Waals surface area contributed by atoms with Gasteiger partial charge in [0.25, 0.3) is 0 Å². The molecule has 5 unspecified atom stereocenters. The van der Waals surface area contributed by atoms with Crippen molar-refractivity contribution in [3.05, 3.63) is 0 Å². The Bertz CT molecular complexity index is 279. The van der Waals surface area contributed by atoms with E-state index in [0.29, 0.717) is 16.7 Å². The van der Waals surface area contributed by atoms with E-state index in [4.69, 9.17) is 5.11 Å². The molecule has 5 atom stereocenters. The zero-order valence-corrected chi connectivity index (χ0v) is 17.6. The van der Waals surface area contributed by atoms with Crippen LogP contribution in [-0.4, -0.2) is 23.4 Å². The molecule has 0 aromatic rings. The molecule has 0 aromatic carbocycles. The minimum Gasteiger partial charge on any atom is -0.400 e. The van der Waals surface area contributed by atoms with Gasteiger partial charge in [0.1, 0.15) is 0 Å². The molecule has 2 fully saturated rings. The molecule has 0 spiro atoms. The number of hydrogen-bond acceptors (Lipinski definition) is 2. The lowest BCUT2D eigenvalue weighted by atomic mass is 9.50. The Balaban J connectivity index is 0. The van der Waals surface area contributed by atoms with Crippen LogP contribution < -0.4 is 0 Å². The second kappa shape index (κ2) is 12.3. The summed E-state index contributed by atoms with van der Waals surface area (Å²) in [7, 11) is 1.00. The number of aliphatic hydroxyl groups excluding tert-OH is 2. The van der Waals surface area contributed by atoms with Crippen LogP contribution in [0, 0.1) is 22.7 Å². The topological polar surface area (TPSA) is 40.5 Å². The van der Waals surface area contributed by atoms with Crippen LogP contribution in [0.1, 0.15) is 100 Å². The van der Waals surface area contributed by atoms with E-state index >= 15 is 0 Å². The Morgan fingerprint density at radius 2 is 1.48 bits per heavy atom. The molecule has 142 valence electrons. The number of rotatable bonds is 2. The number of fused-ring (bicyclic) bond motifs is 1. The molecule has 2 aliphatic carbocycles. The third-order valence-electron chi connectivity index (χ3n) is 5.89. The Morgan fingerprint density at radius 1 is 0.957 bits per heavy atom. The highest BCUT2D eigenvalue weighted by Gasteiger charge is 2.50. The van der Waals surface area contributed by atoms with Crippen LogP contribution in [0.25, 0.3) is 0 Å². The third kappa shape index (κ3) is 6.74. The van der Waals surface area contributed by atoms with Crippen molar-refractivity contribution in [2.45, 2.75) is 106 Å². The van der Waals surface area contributed by atoms with Crippen molar-refractivity contribution in [1.29, 1.82) is 0 Å². The lowest BCUT2D eigenvalue weighted by molar-refractivity contribution is -0.0884. The lowest BCUT2D eigenvalue weighted by Crippen LogP contribution is -2.48. The first-order chi connectivity index (χ1) is 10.9. The van der Waals surface area contributed by atoms with Gasteiger partial charge in [0, 0.05) is 7.11 Å². The van der Waals surface area contributed by atoms with Crippen LogP contribution >= 0.6 is 0 Å². The van der Waals surface area contributed by atoms with Crippen LogP contribution in [0.2, 0.25) is 0 Å².